The summed E-state index contributed by atoms with van der Waals surface area (Å²) in [5.41, 5.74) is 2.10. The van der Waals surface area contributed by atoms with Crippen LogP contribution in [0.5, 0.6) is 5.75 Å². The molecule has 1 amide bonds. The maximum atomic E-state index is 11.9. The van der Waals surface area contributed by atoms with E-state index >= 15 is 0 Å². The van der Waals surface area contributed by atoms with Gasteiger partial charge in [-0.3, -0.25) is 4.79 Å². The smallest absolute Gasteiger partial charge is 0.294 e. The number of carbonyl (C=O) groups is 1. The molecule has 2 rings (SSSR count). The van der Waals surface area contributed by atoms with Crippen LogP contribution in [0.4, 0.5) is 5.69 Å². The van der Waals surface area contributed by atoms with Crippen molar-refractivity contribution in [1.29, 1.82) is 0 Å². The third-order valence-corrected chi connectivity index (χ3v) is 2.90. The van der Waals surface area contributed by atoms with Crippen LogP contribution in [-0.2, 0) is 5.88 Å². The topological polar surface area (TPSA) is 64.4 Å². The number of benzene rings is 1. The number of hydrogen-bond donors (Lipinski definition) is 1. The lowest BCUT2D eigenvalue weighted by molar-refractivity contribution is 0.0988. The zero-order valence-corrected chi connectivity index (χ0v) is 12.0. The van der Waals surface area contributed by atoms with E-state index in [-0.39, 0.29) is 11.7 Å². The summed E-state index contributed by atoms with van der Waals surface area (Å²) in [4.78, 5) is 11.9. The minimum absolute atomic E-state index is 0.170. The predicted molar refractivity (Wildman–Crippen MR) is 76.4 cm³/mol. The Bertz CT molecular complexity index is 610. The van der Waals surface area contributed by atoms with Crippen LogP contribution in [-0.4, -0.2) is 17.7 Å². The third kappa shape index (κ3) is 3.30. The van der Waals surface area contributed by atoms with Crippen molar-refractivity contribution in [3.8, 4) is 5.75 Å². The highest BCUT2D eigenvalue weighted by molar-refractivity contribution is 6.17. The average molecular weight is 295 g/mol. The van der Waals surface area contributed by atoms with Gasteiger partial charge in [-0.05, 0) is 32.0 Å². The number of aromatic nitrogens is 1. The van der Waals surface area contributed by atoms with Gasteiger partial charge in [-0.25, -0.2) is 0 Å². The fourth-order valence-electron chi connectivity index (χ4n) is 1.72. The van der Waals surface area contributed by atoms with Gasteiger partial charge in [-0.2, -0.15) is 0 Å². The van der Waals surface area contributed by atoms with Crippen molar-refractivity contribution < 1.29 is 14.1 Å². The predicted octanol–water partition coefficient (Wildman–Crippen LogP) is 3.37. The molecule has 0 saturated carbocycles. The third-order valence-electron chi connectivity index (χ3n) is 2.61. The first-order chi connectivity index (χ1) is 9.63. The van der Waals surface area contributed by atoms with E-state index in [0.29, 0.717) is 23.9 Å². The lowest BCUT2D eigenvalue weighted by atomic mass is 10.2. The molecule has 0 fully saturated rings. The zero-order chi connectivity index (χ0) is 14.5. The average Bonchev–Trinajstić information content (AvgIpc) is 2.87. The molecule has 1 heterocycles. The molecule has 1 aromatic carbocycles. The highest BCUT2D eigenvalue weighted by Gasteiger charge is 2.13. The van der Waals surface area contributed by atoms with Crippen LogP contribution in [0.2, 0.25) is 0 Å². The summed E-state index contributed by atoms with van der Waals surface area (Å²) in [6, 6.07) is 6.89. The van der Waals surface area contributed by atoms with Crippen LogP contribution < -0.4 is 10.1 Å². The summed E-state index contributed by atoms with van der Waals surface area (Å²) in [7, 11) is 0. The van der Waals surface area contributed by atoms with E-state index in [1.54, 1.807) is 31.2 Å². The Morgan fingerprint density at radius 3 is 2.85 bits per heavy atom. The van der Waals surface area contributed by atoms with Crippen molar-refractivity contribution in [2.75, 3.05) is 11.9 Å². The van der Waals surface area contributed by atoms with Crippen molar-refractivity contribution in [2.24, 2.45) is 0 Å². The van der Waals surface area contributed by atoms with E-state index in [0.717, 1.165) is 11.3 Å². The van der Waals surface area contributed by atoms with Crippen molar-refractivity contribution in [3.05, 3.63) is 41.3 Å². The number of carbonyl (C=O) groups excluding carboxylic acids is 1. The second kappa shape index (κ2) is 6.43. The SMILES string of the molecule is CCOc1ccc(NC(=O)c2cc(C)no2)cc1CCl. The van der Waals surface area contributed by atoms with Gasteiger partial charge in [-0.15, -0.1) is 11.6 Å². The van der Waals surface area contributed by atoms with Crippen molar-refractivity contribution in [1.82, 2.24) is 5.16 Å². The Labute approximate surface area is 121 Å². The summed E-state index contributed by atoms with van der Waals surface area (Å²) in [5, 5.41) is 6.40. The molecule has 2 aromatic rings. The number of ether oxygens (including phenoxy) is 1. The van der Waals surface area contributed by atoms with Gasteiger partial charge >= 0.3 is 0 Å². The van der Waals surface area contributed by atoms with E-state index in [4.69, 9.17) is 20.9 Å². The number of nitrogens with zero attached hydrogens (tertiary/aromatic N) is 1. The minimum atomic E-state index is -0.352. The number of nitrogens with one attached hydrogen (secondary N) is 1. The van der Waals surface area contributed by atoms with Gasteiger partial charge in [0.25, 0.3) is 5.91 Å². The molecule has 0 aliphatic carbocycles. The van der Waals surface area contributed by atoms with Gasteiger partial charge in [0.1, 0.15) is 5.75 Å². The van der Waals surface area contributed by atoms with Crippen LogP contribution in [0.25, 0.3) is 0 Å². The molecule has 0 radical (unpaired) electrons. The second-order valence-corrected chi connectivity index (χ2v) is 4.44. The molecule has 6 heteroatoms. The second-order valence-electron chi connectivity index (χ2n) is 4.18. The zero-order valence-electron chi connectivity index (χ0n) is 11.3. The molecule has 0 atom stereocenters. The molecule has 0 bridgehead atoms. The molecule has 0 unspecified atom stereocenters. The van der Waals surface area contributed by atoms with Crippen LogP contribution in [0.3, 0.4) is 0 Å². The number of alkyl halides is 1. The summed E-state index contributed by atoms with van der Waals surface area (Å²) in [6.07, 6.45) is 0. The molecule has 106 valence electrons. The first-order valence-electron chi connectivity index (χ1n) is 6.20. The summed E-state index contributed by atoms with van der Waals surface area (Å²) in [5.74, 6) is 0.843. The molecule has 20 heavy (non-hydrogen) atoms. The van der Waals surface area contributed by atoms with Crippen molar-refractivity contribution in [2.45, 2.75) is 19.7 Å². The molecule has 0 spiro atoms. The van der Waals surface area contributed by atoms with Crippen molar-refractivity contribution in [3.63, 3.8) is 0 Å². The van der Waals surface area contributed by atoms with E-state index in [2.05, 4.69) is 10.5 Å². The fourth-order valence-corrected chi connectivity index (χ4v) is 1.93. The fraction of sp³-hybridized carbons (Fsp3) is 0.286. The maximum absolute atomic E-state index is 11.9. The normalized spacial score (nSPS) is 10.3. The van der Waals surface area contributed by atoms with Gasteiger partial charge in [0.15, 0.2) is 0 Å². The van der Waals surface area contributed by atoms with Gasteiger partial charge in [0, 0.05) is 17.3 Å². The van der Waals surface area contributed by atoms with Crippen LogP contribution in [0.1, 0.15) is 28.7 Å². The monoisotopic (exact) mass is 294 g/mol. The highest BCUT2D eigenvalue weighted by atomic mass is 35.5. The van der Waals surface area contributed by atoms with E-state index in [1.165, 1.54) is 0 Å². The molecule has 0 aliphatic rings. The first-order valence-corrected chi connectivity index (χ1v) is 6.74. The largest absolute Gasteiger partial charge is 0.494 e. The number of halogens is 1. The summed E-state index contributed by atoms with van der Waals surface area (Å²) < 4.78 is 10.4. The molecule has 0 saturated heterocycles. The number of rotatable bonds is 5. The summed E-state index contributed by atoms with van der Waals surface area (Å²) >= 11 is 5.88. The Morgan fingerprint density at radius 1 is 1.45 bits per heavy atom. The lowest BCUT2D eigenvalue weighted by Gasteiger charge is -2.10. The number of aryl methyl sites for hydroxylation is 1. The molecule has 5 nitrogen and oxygen atoms in total. The molecular formula is C14H15ClN2O3. The molecule has 0 aliphatic heterocycles. The van der Waals surface area contributed by atoms with Crippen molar-refractivity contribution >= 4 is 23.2 Å². The highest BCUT2D eigenvalue weighted by Crippen LogP contribution is 2.25. The molecule has 1 N–H and O–H groups in total. The Hall–Kier alpha value is -2.01. The van der Waals surface area contributed by atoms with Crippen LogP contribution in [0.15, 0.2) is 28.8 Å². The van der Waals surface area contributed by atoms with Gasteiger partial charge < -0.3 is 14.6 Å². The summed E-state index contributed by atoms with van der Waals surface area (Å²) in [6.45, 7) is 4.22. The Kier molecular flexibility index (Phi) is 4.63. The number of hydrogen-bond acceptors (Lipinski definition) is 4. The Morgan fingerprint density at radius 2 is 2.25 bits per heavy atom. The molecule has 1 aromatic heterocycles. The molecular weight excluding hydrogens is 280 g/mol. The number of amides is 1. The quantitative estimate of drug-likeness (QED) is 0.859. The standard InChI is InChI=1S/C14H15ClN2O3/c1-3-19-12-5-4-11(7-10(12)8-15)16-14(18)13-6-9(2)17-20-13/h4-7H,3,8H2,1-2H3,(H,16,18). The Balaban J connectivity index is 2.15. The van der Waals surface area contributed by atoms with Gasteiger partial charge in [0.05, 0.1) is 18.2 Å². The maximum Gasteiger partial charge on any atom is 0.294 e. The van der Waals surface area contributed by atoms with E-state index < -0.39 is 0 Å². The van der Waals surface area contributed by atoms with Crippen LogP contribution in [0, 0.1) is 6.92 Å². The van der Waals surface area contributed by atoms with E-state index in [9.17, 15) is 4.79 Å². The van der Waals surface area contributed by atoms with Gasteiger partial charge in [-0.1, -0.05) is 5.16 Å². The number of anilines is 1. The lowest BCUT2D eigenvalue weighted by Crippen LogP contribution is -2.11. The van der Waals surface area contributed by atoms with Crippen LogP contribution >= 0.6 is 11.6 Å². The minimum Gasteiger partial charge on any atom is -0.494 e. The first kappa shape index (κ1) is 14.4. The van der Waals surface area contributed by atoms with E-state index in [1.807, 2.05) is 6.92 Å². The van der Waals surface area contributed by atoms with Gasteiger partial charge in [0.2, 0.25) is 5.76 Å².